The molecular formula is C31H37NO2. The van der Waals surface area contributed by atoms with E-state index in [1.165, 1.54) is 16.7 Å². The predicted molar refractivity (Wildman–Crippen MR) is 137 cm³/mol. The summed E-state index contributed by atoms with van der Waals surface area (Å²) in [5, 5.41) is 0. The Morgan fingerprint density at radius 1 is 1.18 bits per heavy atom. The van der Waals surface area contributed by atoms with E-state index in [9.17, 15) is 9.59 Å². The van der Waals surface area contributed by atoms with Crippen LogP contribution < -0.4 is 5.73 Å². The van der Waals surface area contributed by atoms with E-state index in [1.54, 1.807) is 5.57 Å². The van der Waals surface area contributed by atoms with Crippen molar-refractivity contribution in [3.05, 3.63) is 52.6 Å². The van der Waals surface area contributed by atoms with E-state index >= 15 is 0 Å². The fraction of sp³-hybridized carbons (Fsp3) is 0.548. The van der Waals surface area contributed by atoms with Gasteiger partial charge in [-0.05, 0) is 97.1 Å². The Morgan fingerprint density at radius 2 is 1.94 bits per heavy atom. The normalized spacial score (nSPS) is 34.4. The average Bonchev–Trinajstić information content (AvgIpc) is 3.16. The van der Waals surface area contributed by atoms with Crippen LogP contribution in [0.3, 0.4) is 0 Å². The molecule has 2 fully saturated rings. The molecule has 0 radical (unpaired) electrons. The molecule has 0 saturated heterocycles. The van der Waals surface area contributed by atoms with Crippen molar-refractivity contribution < 1.29 is 9.59 Å². The van der Waals surface area contributed by atoms with Crippen molar-refractivity contribution >= 4 is 17.3 Å². The Labute approximate surface area is 204 Å². The van der Waals surface area contributed by atoms with Crippen LogP contribution in [0.1, 0.15) is 83.6 Å². The number of ketones is 2. The van der Waals surface area contributed by atoms with Gasteiger partial charge < -0.3 is 5.73 Å². The summed E-state index contributed by atoms with van der Waals surface area (Å²) in [6.45, 7) is 6.55. The Hall–Kier alpha value is -2.60. The molecule has 1 aromatic rings. The average molecular weight is 456 g/mol. The number of nitrogen functional groups attached to an aromatic ring is 1. The number of allylic oxidation sites excluding steroid dienone is 4. The third-order valence-electron chi connectivity index (χ3n) is 9.49. The minimum absolute atomic E-state index is 0.00291. The lowest BCUT2D eigenvalue weighted by Crippen LogP contribution is -2.45. The third kappa shape index (κ3) is 3.76. The third-order valence-corrected chi connectivity index (χ3v) is 9.49. The molecule has 4 aliphatic carbocycles. The lowest BCUT2D eigenvalue weighted by molar-refractivity contribution is -0.127. The van der Waals surface area contributed by atoms with Gasteiger partial charge in [-0.25, -0.2) is 0 Å². The molecule has 1 aromatic carbocycles. The molecule has 0 aliphatic heterocycles. The molecule has 1 unspecified atom stereocenters. The largest absolute Gasteiger partial charge is 0.399 e. The lowest BCUT2D eigenvalue weighted by atomic mass is 9.50. The maximum atomic E-state index is 13.4. The Morgan fingerprint density at radius 3 is 2.68 bits per heavy atom. The van der Waals surface area contributed by atoms with Crippen LogP contribution in [-0.2, 0) is 9.59 Å². The van der Waals surface area contributed by atoms with Gasteiger partial charge in [0.15, 0.2) is 5.78 Å². The van der Waals surface area contributed by atoms with Crippen LogP contribution in [0.2, 0.25) is 0 Å². The molecule has 0 spiro atoms. The van der Waals surface area contributed by atoms with Crippen LogP contribution in [0.15, 0.2) is 47.1 Å². The van der Waals surface area contributed by atoms with E-state index in [0.29, 0.717) is 42.8 Å². The van der Waals surface area contributed by atoms with Gasteiger partial charge in [-0.1, -0.05) is 31.6 Å². The molecule has 34 heavy (non-hydrogen) atoms. The molecular weight excluding hydrogens is 418 g/mol. The van der Waals surface area contributed by atoms with Gasteiger partial charge in [-0.3, -0.25) is 9.59 Å². The summed E-state index contributed by atoms with van der Waals surface area (Å²) in [4.78, 5) is 25.7. The van der Waals surface area contributed by atoms with Crippen LogP contribution >= 0.6 is 0 Å². The maximum Gasteiger partial charge on any atom is 0.156 e. The second-order valence-electron chi connectivity index (χ2n) is 11.3. The van der Waals surface area contributed by atoms with Gasteiger partial charge in [0.1, 0.15) is 5.78 Å². The molecule has 5 rings (SSSR count). The van der Waals surface area contributed by atoms with Crippen LogP contribution in [0.25, 0.3) is 0 Å². The first-order valence-corrected chi connectivity index (χ1v) is 13.1. The van der Waals surface area contributed by atoms with E-state index in [4.69, 9.17) is 5.73 Å². The van der Waals surface area contributed by atoms with Crippen LogP contribution in [0.5, 0.6) is 0 Å². The summed E-state index contributed by atoms with van der Waals surface area (Å²) in [5.41, 5.74) is 12.5. The van der Waals surface area contributed by atoms with Gasteiger partial charge in [0.05, 0.1) is 0 Å². The first-order chi connectivity index (χ1) is 16.3. The molecule has 0 aromatic heterocycles. The summed E-state index contributed by atoms with van der Waals surface area (Å²) in [5.74, 6) is 8.55. The van der Waals surface area contributed by atoms with Crippen molar-refractivity contribution in [2.75, 3.05) is 5.73 Å². The minimum Gasteiger partial charge on any atom is -0.399 e. The number of carbonyl (C=O) groups is 2. The highest BCUT2D eigenvalue weighted by atomic mass is 16.1. The first-order valence-electron chi connectivity index (χ1n) is 13.1. The fourth-order valence-corrected chi connectivity index (χ4v) is 7.99. The fourth-order valence-electron chi connectivity index (χ4n) is 7.99. The van der Waals surface area contributed by atoms with Gasteiger partial charge in [-0.15, -0.1) is 11.8 Å². The summed E-state index contributed by atoms with van der Waals surface area (Å²) < 4.78 is 0. The maximum absolute atomic E-state index is 13.4. The van der Waals surface area contributed by atoms with Gasteiger partial charge in [0.25, 0.3) is 0 Å². The number of carbonyl (C=O) groups excluding carboxylic acids is 2. The highest BCUT2D eigenvalue weighted by Gasteiger charge is 2.58. The zero-order chi connectivity index (χ0) is 24.0. The zero-order valence-corrected chi connectivity index (χ0v) is 20.8. The summed E-state index contributed by atoms with van der Waals surface area (Å²) >= 11 is 0. The second kappa shape index (κ2) is 8.88. The standard InChI is InChI=1S/C31H37NO2/c1-4-5-6-7-29(34)28-15-14-27-25-16-19(2)24-17-22(33)12-13-23(24)30(25)26(18-31(27,28)3)20-8-10-21(32)11-9-20/h8-11,17,19,25-28H,6-7,12-16,18,32H2,1-3H3/t19?,25-,26+,27-,28+,31-/m0/s1. The molecule has 3 heteroatoms. The molecule has 178 valence electrons. The molecule has 6 atom stereocenters. The second-order valence-corrected chi connectivity index (χ2v) is 11.3. The van der Waals surface area contributed by atoms with Gasteiger partial charge in [-0.2, -0.15) is 0 Å². The molecule has 0 heterocycles. The van der Waals surface area contributed by atoms with Crippen LogP contribution in [-0.4, -0.2) is 11.6 Å². The van der Waals surface area contributed by atoms with Crippen molar-refractivity contribution in [3.63, 3.8) is 0 Å². The van der Waals surface area contributed by atoms with Crippen molar-refractivity contribution in [1.29, 1.82) is 0 Å². The van der Waals surface area contributed by atoms with E-state index in [0.717, 1.165) is 37.8 Å². The van der Waals surface area contributed by atoms with Crippen LogP contribution in [0.4, 0.5) is 5.69 Å². The molecule has 3 nitrogen and oxygen atoms in total. The SMILES string of the molecule is CC#CCCC(=O)[C@H]1CC[C@H]2[C@@H]3CC(C)C4=CC(=O)CCC4=C3[C@@H](c3ccc(N)cc3)C[C@]12C. The predicted octanol–water partition coefficient (Wildman–Crippen LogP) is 6.40. The highest BCUT2D eigenvalue weighted by molar-refractivity contribution is 5.93. The monoisotopic (exact) mass is 455 g/mol. The molecule has 0 bridgehead atoms. The van der Waals surface area contributed by atoms with E-state index in [1.807, 2.05) is 25.1 Å². The number of rotatable bonds is 4. The first kappa shape index (κ1) is 23.2. The van der Waals surface area contributed by atoms with Crippen molar-refractivity contribution in [2.24, 2.45) is 29.1 Å². The van der Waals surface area contributed by atoms with E-state index < -0.39 is 0 Å². The molecule has 2 N–H and O–H groups in total. The Kier molecular flexibility index (Phi) is 6.05. The minimum atomic E-state index is 0.00291. The van der Waals surface area contributed by atoms with Gasteiger partial charge in [0, 0.05) is 36.8 Å². The molecule has 4 aliphatic rings. The molecule has 2 saturated carbocycles. The number of Topliss-reactive ketones (excluding diaryl/α,β-unsaturated/α-hetero) is 1. The Balaban J connectivity index is 1.60. The summed E-state index contributed by atoms with van der Waals surface area (Å²) in [6.07, 6.45) is 8.90. The number of hydrogen-bond acceptors (Lipinski definition) is 3. The zero-order valence-electron chi connectivity index (χ0n) is 20.8. The Bertz CT molecular complexity index is 1130. The highest BCUT2D eigenvalue weighted by Crippen LogP contribution is 2.66. The number of hydrogen-bond donors (Lipinski definition) is 1. The number of benzene rings is 1. The summed E-state index contributed by atoms with van der Waals surface area (Å²) in [6, 6.07) is 8.40. The quantitative estimate of drug-likeness (QED) is 0.422. The topological polar surface area (TPSA) is 60.2 Å². The van der Waals surface area contributed by atoms with E-state index in [-0.39, 0.29) is 23.0 Å². The van der Waals surface area contributed by atoms with E-state index in [2.05, 4.69) is 37.8 Å². The number of anilines is 1. The van der Waals surface area contributed by atoms with Crippen molar-refractivity contribution in [2.45, 2.75) is 78.1 Å². The van der Waals surface area contributed by atoms with Crippen LogP contribution in [0, 0.1) is 40.9 Å². The molecule has 0 amide bonds. The van der Waals surface area contributed by atoms with Gasteiger partial charge >= 0.3 is 0 Å². The summed E-state index contributed by atoms with van der Waals surface area (Å²) in [7, 11) is 0. The van der Waals surface area contributed by atoms with Gasteiger partial charge in [0.2, 0.25) is 0 Å². The number of fused-ring (bicyclic) bond motifs is 4. The lowest BCUT2D eigenvalue weighted by Gasteiger charge is -2.53. The smallest absolute Gasteiger partial charge is 0.156 e. The van der Waals surface area contributed by atoms with Crippen molar-refractivity contribution in [3.8, 4) is 11.8 Å². The number of nitrogens with two attached hydrogens (primary N) is 1. The van der Waals surface area contributed by atoms with Crippen molar-refractivity contribution in [1.82, 2.24) is 0 Å².